The summed E-state index contributed by atoms with van der Waals surface area (Å²) in [6.45, 7) is 2.60. The lowest BCUT2D eigenvalue weighted by atomic mass is 10.0. The van der Waals surface area contributed by atoms with E-state index in [2.05, 4.69) is 5.32 Å². The lowest BCUT2D eigenvalue weighted by molar-refractivity contribution is -0.141. The van der Waals surface area contributed by atoms with E-state index in [0.29, 0.717) is 19.4 Å². The van der Waals surface area contributed by atoms with Gasteiger partial charge in [-0.15, -0.1) is 0 Å². The summed E-state index contributed by atoms with van der Waals surface area (Å²) in [5.41, 5.74) is 4.93. The largest absolute Gasteiger partial charge is 0.350 e. The van der Waals surface area contributed by atoms with Crippen LogP contribution >= 0.6 is 0 Å². The molecule has 4 aromatic rings. The van der Waals surface area contributed by atoms with Crippen LogP contribution in [0.4, 0.5) is 4.39 Å². The smallest absolute Gasteiger partial charge is 0.243 e. The van der Waals surface area contributed by atoms with Crippen LogP contribution in [0.25, 0.3) is 0 Å². The minimum absolute atomic E-state index is 0.121. The molecule has 0 aliphatic heterocycles. The minimum atomic E-state index is -0.726. The normalized spacial score (nSPS) is 11.5. The van der Waals surface area contributed by atoms with E-state index in [0.717, 1.165) is 27.8 Å². The number of benzene rings is 4. The molecule has 4 rings (SSSR count). The highest BCUT2D eigenvalue weighted by atomic mass is 19.1. The van der Waals surface area contributed by atoms with Crippen molar-refractivity contribution in [1.29, 1.82) is 0 Å². The Kier molecular flexibility index (Phi) is 9.41. The molecule has 0 heterocycles. The number of rotatable bonds is 11. The van der Waals surface area contributed by atoms with E-state index < -0.39 is 6.04 Å². The van der Waals surface area contributed by atoms with E-state index in [4.69, 9.17) is 0 Å². The third-order valence-corrected chi connectivity index (χ3v) is 6.59. The molecule has 0 fully saturated rings. The number of aryl methyl sites for hydroxylation is 2. The lowest BCUT2D eigenvalue weighted by Crippen LogP contribution is -2.50. The monoisotopic (exact) mass is 508 g/mol. The van der Waals surface area contributed by atoms with Gasteiger partial charge in [-0.1, -0.05) is 103 Å². The third-order valence-electron chi connectivity index (χ3n) is 6.59. The molecule has 0 saturated carbocycles. The summed E-state index contributed by atoms with van der Waals surface area (Å²) in [5, 5.41) is 3.05. The SMILES string of the molecule is Cc1ccc(CNC(=O)C(Cc2ccccc2)N(Cc2ccc(F)cc2)C(=O)CCc2ccccc2)cc1. The van der Waals surface area contributed by atoms with Crippen LogP contribution in [0.5, 0.6) is 0 Å². The van der Waals surface area contributed by atoms with Gasteiger partial charge in [0, 0.05) is 25.9 Å². The van der Waals surface area contributed by atoms with Gasteiger partial charge in [0.15, 0.2) is 0 Å². The van der Waals surface area contributed by atoms with Gasteiger partial charge in [0.25, 0.3) is 0 Å². The second kappa shape index (κ2) is 13.3. The van der Waals surface area contributed by atoms with Crippen LogP contribution in [-0.2, 0) is 35.5 Å². The summed E-state index contributed by atoms with van der Waals surface area (Å²) in [7, 11) is 0. The first-order valence-corrected chi connectivity index (χ1v) is 12.9. The van der Waals surface area contributed by atoms with E-state index in [-0.39, 0.29) is 30.6 Å². The number of nitrogens with zero attached hydrogens (tertiary/aromatic N) is 1. The number of hydrogen-bond donors (Lipinski definition) is 1. The first-order chi connectivity index (χ1) is 18.5. The van der Waals surface area contributed by atoms with Crippen molar-refractivity contribution in [1.82, 2.24) is 10.2 Å². The molecular weight excluding hydrogens is 475 g/mol. The lowest BCUT2D eigenvalue weighted by Gasteiger charge is -2.32. The fraction of sp³-hybridized carbons (Fsp3) is 0.212. The number of carbonyl (C=O) groups excluding carboxylic acids is 2. The van der Waals surface area contributed by atoms with Gasteiger partial charge in [-0.2, -0.15) is 0 Å². The molecule has 1 atom stereocenters. The molecule has 1 N–H and O–H groups in total. The van der Waals surface area contributed by atoms with Crippen LogP contribution in [0.2, 0.25) is 0 Å². The summed E-state index contributed by atoms with van der Waals surface area (Å²) >= 11 is 0. The molecule has 194 valence electrons. The quantitative estimate of drug-likeness (QED) is 0.269. The zero-order valence-electron chi connectivity index (χ0n) is 21.6. The topological polar surface area (TPSA) is 49.4 Å². The van der Waals surface area contributed by atoms with E-state index in [1.807, 2.05) is 91.9 Å². The first-order valence-electron chi connectivity index (χ1n) is 12.9. The second-order valence-electron chi connectivity index (χ2n) is 9.54. The van der Waals surface area contributed by atoms with Gasteiger partial charge < -0.3 is 10.2 Å². The summed E-state index contributed by atoms with van der Waals surface area (Å²) in [5.74, 6) is -0.679. The van der Waals surface area contributed by atoms with Crippen LogP contribution in [0, 0.1) is 12.7 Å². The van der Waals surface area contributed by atoms with Gasteiger partial charge >= 0.3 is 0 Å². The van der Waals surface area contributed by atoms with Crippen molar-refractivity contribution in [3.05, 3.63) is 143 Å². The Bertz CT molecular complexity index is 1310. The Hall–Kier alpha value is -4.25. The minimum Gasteiger partial charge on any atom is -0.350 e. The molecule has 38 heavy (non-hydrogen) atoms. The van der Waals surface area contributed by atoms with Gasteiger partial charge in [-0.3, -0.25) is 9.59 Å². The second-order valence-corrected chi connectivity index (χ2v) is 9.54. The molecule has 0 spiro atoms. The van der Waals surface area contributed by atoms with E-state index >= 15 is 0 Å². The summed E-state index contributed by atoms with van der Waals surface area (Å²) in [6, 6.07) is 32.9. The molecule has 5 heteroatoms. The Balaban J connectivity index is 1.60. The fourth-order valence-electron chi connectivity index (χ4n) is 4.39. The Labute approximate surface area is 224 Å². The molecule has 0 aliphatic rings. The number of amides is 2. The number of halogens is 1. The van der Waals surface area contributed by atoms with Crippen LogP contribution in [0.3, 0.4) is 0 Å². The first kappa shape index (κ1) is 26.8. The molecule has 4 nitrogen and oxygen atoms in total. The highest BCUT2D eigenvalue weighted by Crippen LogP contribution is 2.18. The molecule has 0 radical (unpaired) electrons. The third kappa shape index (κ3) is 7.87. The standard InChI is InChI=1S/C33H33FN2O2/c1-25-12-14-28(15-13-25)23-35-33(38)31(22-27-10-6-3-7-11-27)36(24-29-16-19-30(34)20-17-29)32(37)21-18-26-8-4-2-5-9-26/h2-17,19-20,31H,18,21-24H2,1H3,(H,35,38). The van der Waals surface area contributed by atoms with Crippen molar-refractivity contribution in [3.8, 4) is 0 Å². The summed E-state index contributed by atoms with van der Waals surface area (Å²) in [6.07, 6.45) is 1.21. The number of nitrogens with one attached hydrogen (secondary N) is 1. The molecule has 1 unspecified atom stereocenters. The maximum Gasteiger partial charge on any atom is 0.243 e. The van der Waals surface area contributed by atoms with Crippen molar-refractivity contribution in [2.24, 2.45) is 0 Å². The van der Waals surface area contributed by atoms with Gasteiger partial charge in [0.1, 0.15) is 11.9 Å². The van der Waals surface area contributed by atoms with Crippen LogP contribution in [-0.4, -0.2) is 22.8 Å². The molecule has 0 bridgehead atoms. The maximum absolute atomic E-state index is 13.7. The molecule has 0 aromatic heterocycles. The van der Waals surface area contributed by atoms with Gasteiger partial charge in [0.2, 0.25) is 11.8 Å². The van der Waals surface area contributed by atoms with Crippen molar-refractivity contribution >= 4 is 11.8 Å². The molecule has 0 saturated heterocycles. The summed E-state index contributed by atoms with van der Waals surface area (Å²) < 4.78 is 13.6. The van der Waals surface area contributed by atoms with E-state index in [9.17, 15) is 14.0 Å². The maximum atomic E-state index is 13.7. The van der Waals surface area contributed by atoms with E-state index in [1.54, 1.807) is 17.0 Å². The van der Waals surface area contributed by atoms with Crippen molar-refractivity contribution in [2.75, 3.05) is 0 Å². The van der Waals surface area contributed by atoms with E-state index in [1.165, 1.54) is 12.1 Å². The van der Waals surface area contributed by atoms with Crippen LogP contribution in [0.15, 0.2) is 109 Å². The highest BCUT2D eigenvalue weighted by Gasteiger charge is 2.30. The average molecular weight is 509 g/mol. The van der Waals surface area contributed by atoms with Crippen molar-refractivity contribution in [3.63, 3.8) is 0 Å². The summed E-state index contributed by atoms with van der Waals surface area (Å²) in [4.78, 5) is 29.0. The molecule has 4 aromatic carbocycles. The fourth-order valence-corrected chi connectivity index (χ4v) is 4.39. The number of carbonyl (C=O) groups is 2. The zero-order chi connectivity index (χ0) is 26.7. The predicted molar refractivity (Wildman–Crippen MR) is 149 cm³/mol. The van der Waals surface area contributed by atoms with Gasteiger partial charge in [0.05, 0.1) is 0 Å². The van der Waals surface area contributed by atoms with Gasteiger partial charge in [-0.25, -0.2) is 4.39 Å². The van der Waals surface area contributed by atoms with Crippen LogP contribution < -0.4 is 5.32 Å². The van der Waals surface area contributed by atoms with Crippen molar-refractivity contribution < 1.29 is 14.0 Å². The average Bonchev–Trinajstić information content (AvgIpc) is 2.95. The Morgan fingerprint density at radius 2 is 1.32 bits per heavy atom. The van der Waals surface area contributed by atoms with Gasteiger partial charge in [-0.05, 0) is 47.7 Å². The zero-order valence-corrected chi connectivity index (χ0v) is 21.6. The van der Waals surface area contributed by atoms with Crippen LogP contribution in [0.1, 0.15) is 34.2 Å². The predicted octanol–water partition coefficient (Wildman–Crippen LogP) is 6.02. The Morgan fingerprint density at radius 3 is 1.95 bits per heavy atom. The highest BCUT2D eigenvalue weighted by molar-refractivity contribution is 5.88. The Morgan fingerprint density at radius 1 is 0.737 bits per heavy atom. The molecule has 2 amide bonds. The molecule has 0 aliphatic carbocycles. The molecular formula is C33H33FN2O2. The van der Waals surface area contributed by atoms with Crippen molar-refractivity contribution in [2.45, 2.75) is 45.3 Å². The number of hydrogen-bond acceptors (Lipinski definition) is 2.